The SMILES string of the molecule is C1=Cc2cc3ccc(cc4ccc(cc5nc(cc1n2)C=C5)[nH]4)[nH]3.[Co+2]. The van der Waals surface area contributed by atoms with Gasteiger partial charge in [-0.1, -0.05) is 0 Å². The number of H-pyrrole nitrogens is 2. The molecule has 0 atom stereocenters. The zero-order valence-corrected chi connectivity index (χ0v) is 14.2. The molecule has 8 bridgehead atoms. The van der Waals surface area contributed by atoms with E-state index in [1.807, 2.05) is 42.5 Å². The summed E-state index contributed by atoms with van der Waals surface area (Å²) in [7, 11) is 0. The molecule has 3 aromatic heterocycles. The molecule has 0 saturated heterocycles. The van der Waals surface area contributed by atoms with Crippen LogP contribution in [0.5, 0.6) is 0 Å². The Morgan fingerprint density at radius 1 is 0.480 bits per heavy atom. The van der Waals surface area contributed by atoms with Crippen molar-refractivity contribution in [3.05, 3.63) is 71.3 Å². The largest absolute Gasteiger partial charge is 2.00 e. The summed E-state index contributed by atoms with van der Waals surface area (Å²) in [4.78, 5) is 16.0. The van der Waals surface area contributed by atoms with Gasteiger partial charge in [0.1, 0.15) is 0 Å². The summed E-state index contributed by atoms with van der Waals surface area (Å²) in [6, 6.07) is 16.4. The summed E-state index contributed by atoms with van der Waals surface area (Å²) in [6.45, 7) is 0. The van der Waals surface area contributed by atoms with Gasteiger partial charge in [0.2, 0.25) is 0 Å². The van der Waals surface area contributed by atoms with Crippen molar-refractivity contribution in [3.8, 4) is 0 Å². The topological polar surface area (TPSA) is 57.4 Å². The third kappa shape index (κ3) is 3.20. The quantitative estimate of drug-likeness (QED) is 0.417. The molecule has 3 aromatic rings. The second kappa shape index (κ2) is 6.20. The number of aromatic nitrogens is 4. The van der Waals surface area contributed by atoms with Crippen LogP contribution in [0.15, 0.2) is 48.5 Å². The third-order valence-corrected chi connectivity index (χ3v) is 4.04. The van der Waals surface area contributed by atoms with Crippen molar-refractivity contribution >= 4 is 46.4 Å². The van der Waals surface area contributed by atoms with Crippen molar-refractivity contribution in [2.75, 3.05) is 0 Å². The van der Waals surface area contributed by atoms with Crippen LogP contribution in [0.4, 0.5) is 0 Å². The molecule has 0 unspecified atom stereocenters. The molecule has 4 nitrogen and oxygen atoms in total. The molecule has 5 rings (SSSR count). The van der Waals surface area contributed by atoms with Gasteiger partial charge in [0.15, 0.2) is 0 Å². The molecule has 5 heterocycles. The first-order valence-corrected chi connectivity index (χ1v) is 7.85. The minimum absolute atomic E-state index is 0. The normalized spacial score (nSPS) is 12.2. The second-order valence-corrected chi connectivity index (χ2v) is 5.91. The Morgan fingerprint density at radius 3 is 1.28 bits per heavy atom. The molecule has 121 valence electrons. The maximum Gasteiger partial charge on any atom is 2.00 e. The number of nitrogens with zero attached hydrogens (tertiary/aromatic N) is 2. The minimum Gasteiger partial charge on any atom is -0.355 e. The Kier molecular flexibility index (Phi) is 3.87. The summed E-state index contributed by atoms with van der Waals surface area (Å²) in [5.74, 6) is 0. The van der Waals surface area contributed by atoms with E-state index in [-0.39, 0.29) is 16.8 Å². The maximum absolute atomic E-state index is 4.62. The summed E-state index contributed by atoms with van der Waals surface area (Å²) in [5.41, 5.74) is 7.86. The van der Waals surface area contributed by atoms with Crippen molar-refractivity contribution in [1.82, 2.24) is 19.9 Å². The van der Waals surface area contributed by atoms with E-state index in [1.54, 1.807) is 0 Å². The number of hydrogen-bond acceptors (Lipinski definition) is 2. The molecule has 0 fully saturated rings. The van der Waals surface area contributed by atoms with Crippen molar-refractivity contribution in [3.63, 3.8) is 0 Å². The Morgan fingerprint density at radius 2 is 0.840 bits per heavy atom. The van der Waals surface area contributed by atoms with E-state index in [0.717, 1.165) is 44.8 Å². The minimum atomic E-state index is 0. The molecular formula is C20H14CoN4+2. The molecule has 5 heteroatoms. The second-order valence-electron chi connectivity index (χ2n) is 5.91. The van der Waals surface area contributed by atoms with Gasteiger partial charge in [0.05, 0.1) is 22.8 Å². The van der Waals surface area contributed by atoms with Crippen LogP contribution in [-0.2, 0) is 16.8 Å². The van der Waals surface area contributed by atoms with Crippen LogP contribution in [0.2, 0.25) is 0 Å². The fourth-order valence-electron chi connectivity index (χ4n) is 2.94. The monoisotopic (exact) mass is 369 g/mol. The van der Waals surface area contributed by atoms with Crippen LogP contribution in [0, 0.1) is 0 Å². The predicted molar refractivity (Wildman–Crippen MR) is 98.9 cm³/mol. The number of rotatable bonds is 0. The molecule has 2 aliphatic rings. The van der Waals surface area contributed by atoms with E-state index in [2.05, 4.69) is 50.3 Å². The molecule has 0 aliphatic carbocycles. The summed E-state index contributed by atoms with van der Waals surface area (Å²) < 4.78 is 0. The zero-order valence-electron chi connectivity index (χ0n) is 13.2. The fourth-order valence-corrected chi connectivity index (χ4v) is 2.94. The molecule has 0 aromatic carbocycles. The Balaban J connectivity index is 0.00000157. The van der Waals surface area contributed by atoms with Crippen molar-refractivity contribution in [2.45, 2.75) is 0 Å². The molecule has 1 radical (unpaired) electrons. The average Bonchev–Trinajstić information content (AvgIpc) is 3.32. The Labute approximate surface area is 154 Å². The van der Waals surface area contributed by atoms with Crippen molar-refractivity contribution < 1.29 is 16.8 Å². The molecule has 0 spiro atoms. The standard InChI is InChI=1S/C20H14N4.Co/c1-2-14-10-16-5-6-18(23-16)12-20-8-7-19(24-20)11-17-4-3-15(22-17)9-13(1)21-14;/h1-12,21-22H;/q;+2. The van der Waals surface area contributed by atoms with Crippen molar-refractivity contribution in [1.29, 1.82) is 0 Å². The average molecular weight is 369 g/mol. The van der Waals surface area contributed by atoms with E-state index < -0.39 is 0 Å². The van der Waals surface area contributed by atoms with E-state index in [0.29, 0.717) is 0 Å². The smallest absolute Gasteiger partial charge is 0.355 e. The summed E-state index contributed by atoms with van der Waals surface area (Å²) in [5, 5.41) is 0. The molecule has 2 aliphatic heterocycles. The van der Waals surface area contributed by atoms with Crippen LogP contribution >= 0.6 is 0 Å². The van der Waals surface area contributed by atoms with Crippen LogP contribution in [0.3, 0.4) is 0 Å². The molecule has 0 saturated carbocycles. The van der Waals surface area contributed by atoms with Gasteiger partial charge in [-0.15, -0.1) is 0 Å². The number of hydrogen-bond donors (Lipinski definition) is 2. The Bertz CT molecular complexity index is 1080. The first kappa shape index (κ1) is 15.6. The van der Waals surface area contributed by atoms with Gasteiger partial charge in [-0.2, -0.15) is 0 Å². The molecular weight excluding hydrogens is 355 g/mol. The third-order valence-electron chi connectivity index (χ3n) is 4.04. The number of fused-ring (bicyclic) bond motifs is 8. The van der Waals surface area contributed by atoms with E-state index in [1.165, 1.54) is 0 Å². The van der Waals surface area contributed by atoms with Crippen molar-refractivity contribution in [2.24, 2.45) is 0 Å². The fraction of sp³-hybridized carbons (Fsp3) is 0. The first-order chi connectivity index (χ1) is 11.8. The molecule has 25 heavy (non-hydrogen) atoms. The van der Waals surface area contributed by atoms with Crippen LogP contribution in [-0.4, -0.2) is 19.9 Å². The van der Waals surface area contributed by atoms with Crippen LogP contribution in [0.25, 0.3) is 46.4 Å². The van der Waals surface area contributed by atoms with E-state index in [4.69, 9.17) is 0 Å². The maximum atomic E-state index is 4.62. The predicted octanol–water partition coefficient (Wildman–Crippen LogP) is 4.65. The van der Waals surface area contributed by atoms with Gasteiger partial charge < -0.3 is 9.97 Å². The number of nitrogens with one attached hydrogen (secondary N) is 2. The summed E-state index contributed by atoms with van der Waals surface area (Å²) in [6.07, 6.45) is 8.05. The van der Waals surface area contributed by atoms with Gasteiger partial charge in [-0.05, 0) is 72.8 Å². The Hall–Kier alpha value is -2.89. The zero-order chi connectivity index (χ0) is 15.9. The van der Waals surface area contributed by atoms with E-state index in [9.17, 15) is 0 Å². The van der Waals surface area contributed by atoms with Gasteiger partial charge in [-0.3, -0.25) is 0 Å². The molecule has 0 amide bonds. The molecule has 2 N–H and O–H groups in total. The summed E-state index contributed by atoms with van der Waals surface area (Å²) >= 11 is 0. The van der Waals surface area contributed by atoms with Gasteiger partial charge in [0, 0.05) is 22.1 Å². The van der Waals surface area contributed by atoms with Crippen LogP contribution < -0.4 is 0 Å². The van der Waals surface area contributed by atoms with Gasteiger partial charge in [0.25, 0.3) is 0 Å². The van der Waals surface area contributed by atoms with Gasteiger partial charge >= 0.3 is 16.8 Å². The van der Waals surface area contributed by atoms with E-state index >= 15 is 0 Å². The first-order valence-electron chi connectivity index (χ1n) is 7.85. The number of aromatic amines is 2. The van der Waals surface area contributed by atoms with Gasteiger partial charge in [-0.25, -0.2) is 9.97 Å². The van der Waals surface area contributed by atoms with Crippen LogP contribution in [0.1, 0.15) is 22.8 Å².